The average Bonchev–Trinajstić information content (AvgIpc) is 2.60. The van der Waals surface area contributed by atoms with Gasteiger partial charge in [0.05, 0.1) is 0 Å². The van der Waals surface area contributed by atoms with Gasteiger partial charge in [0, 0.05) is 6.54 Å². The van der Waals surface area contributed by atoms with Gasteiger partial charge < -0.3 is 10.4 Å². The second-order valence-corrected chi connectivity index (χ2v) is 6.30. The van der Waals surface area contributed by atoms with Crippen molar-refractivity contribution >= 4 is 0 Å². The molecule has 1 aliphatic carbocycles. The van der Waals surface area contributed by atoms with E-state index in [4.69, 9.17) is 0 Å². The normalized spacial score (nSPS) is 21.4. The maximum absolute atomic E-state index is 9.37. The standard InChI is InChI=1S/C15H23NO/c1-14(2)13(15(14,3)4)10-16-9-11-6-5-7-12(17)8-11/h5-8,13,16-17H,9-10H2,1-4H3. The molecule has 0 heterocycles. The first-order valence-electron chi connectivity index (χ1n) is 6.34. The first-order chi connectivity index (χ1) is 7.85. The molecule has 0 radical (unpaired) electrons. The molecule has 17 heavy (non-hydrogen) atoms. The van der Waals surface area contributed by atoms with E-state index in [1.165, 1.54) is 0 Å². The summed E-state index contributed by atoms with van der Waals surface area (Å²) >= 11 is 0. The van der Waals surface area contributed by atoms with Crippen molar-refractivity contribution in [1.29, 1.82) is 0 Å². The highest BCUT2D eigenvalue weighted by atomic mass is 16.3. The van der Waals surface area contributed by atoms with Crippen LogP contribution in [0.4, 0.5) is 0 Å². The molecule has 0 bridgehead atoms. The Morgan fingerprint density at radius 1 is 1.18 bits per heavy atom. The van der Waals surface area contributed by atoms with Crippen molar-refractivity contribution in [2.24, 2.45) is 16.7 Å². The summed E-state index contributed by atoms with van der Waals surface area (Å²) in [6.45, 7) is 11.2. The number of nitrogens with one attached hydrogen (secondary N) is 1. The Balaban J connectivity index is 1.82. The van der Waals surface area contributed by atoms with Crippen LogP contribution < -0.4 is 5.32 Å². The van der Waals surface area contributed by atoms with Gasteiger partial charge in [-0.25, -0.2) is 0 Å². The Hall–Kier alpha value is -1.02. The van der Waals surface area contributed by atoms with Crippen molar-refractivity contribution < 1.29 is 5.11 Å². The zero-order valence-corrected chi connectivity index (χ0v) is 11.2. The van der Waals surface area contributed by atoms with E-state index in [0.717, 1.165) is 24.6 Å². The number of phenolic OH excluding ortho intramolecular Hbond substituents is 1. The number of hydrogen-bond acceptors (Lipinski definition) is 2. The molecule has 0 aromatic heterocycles. The zero-order valence-electron chi connectivity index (χ0n) is 11.2. The molecular weight excluding hydrogens is 210 g/mol. The zero-order chi connectivity index (χ0) is 12.7. The van der Waals surface area contributed by atoms with Crippen LogP contribution in [0, 0.1) is 16.7 Å². The van der Waals surface area contributed by atoms with Crippen LogP contribution in [0.1, 0.15) is 33.3 Å². The minimum atomic E-state index is 0.344. The van der Waals surface area contributed by atoms with Crippen LogP contribution in [0.25, 0.3) is 0 Å². The van der Waals surface area contributed by atoms with E-state index in [9.17, 15) is 5.11 Å². The van der Waals surface area contributed by atoms with E-state index in [1.54, 1.807) is 6.07 Å². The SMILES string of the molecule is CC1(C)C(CNCc2cccc(O)c2)C1(C)C. The minimum absolute atomic E-state index is 0.344. The summed E-state index contributed by atoms with van der Waals surface area (Å²) in [6.07, 6.45) is 0. The van der Waals surface area contributed by atoms with Crippen LogP contribution in [-0.2, 0) is 6.54 Å². The molecule has 0 atom stereocenters. The molecule has 0 spiro atoms. The molecule has 1 fully saturated rings. The first-order valence-corrected chi connectivity index (χ1v) is 6.34. The second-order valence-electron chi connectivity index (χ2n) is 6.30. The monoisotopic (exact) mass is 233 g/mol. The molecule has 0 amide bonds. The highest BCUT2D eigenvalue weighted by Gasteiger charge is 2.63. The van der Waals surface area contributed by atoms with Gasteiger partial charge in [0.1, 0.15) is 5.75 Å². The minimum Gasteiger partial charge on any atom is -0.508 e. The Morgan fingerprint density at radius 3 is 2.35 bits per heavy atom. The predicted octanol–water partition coefficient (Wildman–Crippen LogP) is 3.16. The smallest absolute Gasteiger partial charge is 0.115 e. The molecule has 2 heteroatoms. The van der Waals surface area contributed by atoms with Crippen molar-refractivity contribution in [2.45, 2.75) is 34.2 Å². The third-order valence-electron chi connectivity index (χ3n) is 4.91. The Kier molecular flexibility index (Phi) is 2.94. The lowest BCUT2D eigenvalue weighted by Crippen LogP contribution is -2.18. The molecule has 1 aliphatic rings. The maximum Gasteiger partial charge on any atom is 0.115 e. The molecule has 2 rings (SSSR count). The van der Waals surface area contributed by atoms with Gasteiger partial charge in [-0.05, 0) is 41.0 Å². The largest absolute Gasteiger partial charge is 0.508 e. The van der Waals surface area contributed by atoms with Gasteiger partial charge in [0.2, 0.25) is 0 Å². The summed E-state index contributed by atoms with van der Waals surface area (Å²) in [7, 11) is 0. The quantitative estimate of drug-likeness (QED) is 0.837. The molecule has 0 unspecified atom stereocenters. The Morgan fingerprint density at radius 2 is 1.82 bits per heavy atom. The van der Waals surface area contributed by atoms with Crippen LogP contribution in [0.5, 0.6) is 5.75 Å². The molecule has 1 aromatic rings. The molecule has 1 aromatic carbocycles. The van der Waals surface area contributed by atoms with E-state index in [0.29, 0.717) is 16.6 Å². The summed E-state index contributed by atoms with van der Waals surface area (Å²) in [5.41, 5.74) is 2.03. The molecule has 2 nitrogen and oxygen atoms in total. The van der Waals surface area contributed by atoms with Crippen molar-refractivity contribution in [1.82, 2.24) is 5.32 Å². The number of aromatic hydroxyl groups is 1. The van der Waals surface area contributed by atoms with Crippen molar-refractivity contribution in [3.63, 3.8) is 0 Å². The topological polar surface area (TPSA) is 32.3 Å². The highest BCUT2D eigenvalue weighted by Crippen LogP contribution is 2.67. The van der Waals surface area contributed by atoms with Crippen LogP contribution in [-0.4, -0.2) is 11.7 Å². The fourth-order valence-corrected chi connectivity index (χ4v) is 2.87. The summed E-state index contributed by atoms with van der Waals surface area (Å²) in [6, 6.07) is 7.44. The lowest BCUT2D eigenvalue weighted by atomic mass is 10.0. The van der Waals surface area contributed by atoms with Gasteiger partial charge in [-0.1, -0.05) is 39.8 Å². The van der Waals surface area contributed by atoms with E-state index in [2.05, 4.69) is 33.0 Å². The fraction of sp³-hybridized carbons (Fsp3) is 0.600. The molecule has 0 saturated heterocycles. The number of hydrogen-bond donors (Lipinski definition) is 2. The lowest BCUT2D eigenvalue weighted by molar-refractivity contribution is 0.457. The van der Waals surface area contributed by atoms with Gasteiger partial charge in [-0.15, -0.1) is 0 Å². The average molecular weight is 233 g/mol. The second kappa shape index (κ2) is 4.02. The van der Waals surface area contributed by atoms with E-state index < -0.39 is 0 Å². The molecule has 1 saturated carbocycles. The number of phenols is 1. The van der Waals surface area contributed by atoms with Crippen LogP contribution in [0.3, 0.4) is 0 Å². The van der Waals surface area contributed by atoms with Crippen LogP contribution >= 0.6 is 0 Å². The first kappa shape index (κ1) is 12.4. The molecule has 0 aliphatic heterocycles. The third-order valence-corrected chi connectivity index (χ3v) is 4.91. The van der Waals surface area contributed by atoms with E-state index >= 15 is 0 Å². The highest BCUT2D eigenvalue weighted by molar-refractivity contribution is 5.27. The van der Waals surface area contributed by atoms with Gasteiger partial charge in [-0.3, -0.25) is 0 Å². The summed E-state index contributed by atoms with van der Waals surface area (Å²) in [4.78, 5) is 0. The van der Waals surface area contributed by atoms with Gasteiger partial charge in [0.15, 0.2) is 0 Å². The predicted molar refractivity (Wildman–Crippen MR) is 70.9 cm³/mol. The molecule has 2 N–H and O–H groups in total. The molecule has 94 valence electrons. The third kappa shape index (κ3) is 2.19. The maximum atomic E-state index is 9.37. The lowest BCUT2D eigenvalue weighted by Gasteiger charge is -2.06. The van der Waals surface area contributed by atoms with E-state index in [1.807, 2.05) is 18.2 Å². The van der Waals surface area contributed by atoms with E-state index in [-0.39, 0.29) is 0 Å². The number of rotatable bonds is 4. The Bertz CT molecular complexity index is 395. The summed E-state index contributed by atoms with van der Waals surface area (Å²) < 4.78 is 0. The summed E-state index contributed by atoms with van der Waals surface area (Å²) in [5, 5.41) is 12.9. The Labute approximate surface area is 104 Å². The summed E-state index contributed by atoms with van der Waals surface area (Å²) in [5.74, 6) is 1.09. The fourth-order valence-electron chi connectivity index (χ4n) is 2.87. The van der Waals surface area contributed by atoms with Crippen molar-refractivity contribution in [3.05, 3.63) is 29.8 Å². The van der Waals surface area contributed by atoms with Crippen molar-refractivity contribution in [2.75, 3.05) is 6.54 Å². The van der Waals surface area contributed by atoms with Crippen LogP contribution in [0.2, 0.25) is 0 Å². The van der Waals surface area contributed by atoms with Gasteiger partial charge in [0.25, 0.3) is 0 Å². The van der Waals surface area contributed by atoms with Crippen molar-refractivity contribution in [3.8, 4) is 5.75 Å². The van der Waals surface area contributed by atoms with Gasteiger partial charge >= 0.3 is 0 Å². The van der Waals surface area contributed by atoms with Gasteiger partial charge in [-0.2, -0.15) is 0 Å². The molecular formula is C15H23NO. The van der Waals surface area contributed by atoms with Crippen LogP contribution in [0.15, 0.2) is 24.3 Å². The number of benzene rings is 1.